The molecule has 5 nitrogen and oxygen atoms in total. The first-order valence-corrected chi connectivity index (χ1v) is 8.80. The number of rotatable bonds is 8. The van der Waals surface area contributed by atoms with Crippen LogP contribution in [0.2, 0.25) is 0 Å². The Balaban J connectivity index is 1.61. The van der Waals surface area contributed by atoms with Crippen molar-refractivity contribution in [2.45, 2.75) is 33.3 Å². The molecule has 0 saturated carbocycles. The van der Waals surface area contributed by atoms with Gasteiger partial charge >= 0.3 is 0 Å². The fraction of sp³-hybridized carbons (Fsp3) is 0.286. The molecule has 0 saturated heterocycles. The summed E-state index contributed by atoms with van der Waals surface area (Å²) in [6.07, 6.45) is 2.76. The Bertz CT molecular complexity index is 869. The third-order valence-corrected chi connectivity index (χ3v) is 4.25. The normalized spacial score (nSPS) is 10.8. The topological polar surface area (TPSA) is 57.0 Å². The van der Waals surface area contributed by atoms with Crippen LogP contribution in [0.4, 0.5) is 0 Å². The lowest BCUT2D eigenvalue weighted by Gasteiger charge is -2.06. The van der Waals surface area contributed by atoms with Gasteiger partial charge in [0.1, 0.15) is 11.5 Å². The number of aromatic nitrogens is 3. The Hall–Kier alpha value is -2.79. The number of ether oxygens (including phenoxy) is 1. The van der Waals surface area contributed by atoms with Gasteiger partial charge in [-0.25, -0.2) is 4.68 Å². The van der Waals surface area contributed by atoms with E-state index in [0.29, 0.717) is 26.1 Å². The van der Waals surface area contributed by atoms with E-state index in [9.17, 15) is 4.79 Å². The highest BCUT2D eigenvalue weighted by molar-refractivity contribution is 5.83. The number of aryl methyl sites for hydroxylation is 1. The van der Waals surface area contributed by atoms with Gasteiger partial charge in [-0.3, -0.25) is 4.79 Å². The van der Waals surface area contributed by atoms with Crippen molar-refractivity contribution in [3.05, 3.63) is 77.1 Å². The Morgan fingerprint density at radius 3 is 2.58 bits per heavy atom. The molecule has 0 atom stereocenters. The maximum Gasteiger partial charge on any atom is 0.141 e. The van der Waals surface area contributed by atoms with Crippen molar-refractivity contribution >= 4 is 5.78 Å². The molecule has 134 valence electrons. The average molecular weight is 349 g/mol. The van der Waals surface area contributed by atoms with Crippen LogP contribution in [-0.2, 0) is 29.0 Å². The monoisotopic (exact) mass is 349 g/mol. The van der Waals surface area contributed by atoms with E-state index >= 15 is 0 Å². The number of benzene rings is 2. The summed E-state index contributed by atoms with van der Waals surface area (Å²) in [7, 11) is 0. The first-order valence-electron chi connectivity index (χ1n) is 8.80. The summed E-state index contributed by atoms with van der Waals surface area (Å²) in [4.78, 5) is 12.4. The van der Waals surface area contributed by atoms with Gasteiger partial charge in [-0.1, -0.05) is 41.6 Å². The zero-order valence-electron chi connectivity index (χ0n) is 15.2. The minimum absolute atomic E-state index is 0.215. The molecule has 0 fully saturated rings. The molecule has 0 aliphatic rings. The lowest BCUT2D eigenvalue weighted by atomic mass is 9.99. The summed E-state index contributed by atoms with van der Waals surface area (Å²) in [6.45, 7) is 5.10. The van der Waals surface area contributed by atoms with Gasteiger partial charge in [0.2, 0.25) is 0 Å². The summed E-state index contributed by atoms with van der Waals surface area (Å²) < 4.78 is 7.05. The second-order valence-corrected chi connectivity index (χ2v) is 6.28. The molecule has 26 heavy (non-hydrogen) atoms. The fourth-order valence-electron chi connectivity index (χ4n) is 2.77. The zero-order chi connectivity index (χ0) is 18.4. The molecular weight excluding hydrogens is 326 g/mol. The Morgan fingerprint density at radius 2 is 1.85 bits per heavy atom. The van der Waals surface area contributed by atoms with Crippen LogP contribution < -0.4 is 0 Å². The van der Waals surface area contributed by atoms with E-state index in [-0.39, 0.29) is 5.78 Å². The molecule has 0 aliphatic carbocycles. The first-order chi connectivity index (χ1) is 12.7. The minimum atomic E-state index is 0.215. The number of carbonyl (C=O) groups excluding carboxylic acids is 1. The summed E-state index contributed by atoms with van der Waals surface area (Å²) >= 11 is 0. The molecule has 3 rings (SSSR count). The van der Waals surface area contributed by atoms with E-state index in [1.807, 2.05) is 68.6 Å². The molecule has 1 heterocycles. The molecule has 0 unspecified atom stereocenters. The average Bonchev–Trinajstić information content (AvgIpc) is 3.11. The smallest absolute Gasteiger partial charge is 0.141 e. The van der Waals surface area contributed by atoms with Crippen molar-refractivity contribution in [1.29, 1.82) is 0 Å². The molecule has 0 N–H and O–H groups in total. The standard InChI is InChI=1S/C21H23N3O2/c1-3-26-15-19-14-24(23-22-19)20-10-8-17(9-11-20)12-21(25)13-18-7-5-4-6-16(18)2/h4-11,14H,3,12-13,15H2,1-2H3. The SMILES string of the molecule is CCOCc1cn(-c2ccc(CC(=O)Cc3ccccc3C)cc2)nn1. The van der Waals surface area contributed by atoms with Gasteiger partial charge in [0, 0.05) is 19.4 Å². The van der Waals surface area contributed by atoms with Crippen LogP contribution in [0.25, 0.3) is 5.69 Å². The van der Waals surface area contributed by atoms with Crippen molar-refractivity contribution in [3.63, 3.8) is 0 Å². The third kappa shape index (κ3) is 4.64. The van der Waals surface area contributed by atoms with E-state index < -0.39 is 0 Å². The van der Waals surface area contributed by atoms with Gasteiger partial charge in [-0.2, -0.15) is 0 Å². The number of hydrogen-bond donors (Lipinski definition) is 0. The third-order valence-electron chi connectivity index (χ3n) is 4.25. The van der Waals surface area contributed by atoms with E-state index in [0.717, 1.165) is 28.1 Å². The van der Waals surface area contributed by atoms with Gasteiger partial charge in [-0.05, 0) is 42.7 Å². The lowest BCUT2D eigenvalue weighted by Crippen LogP contribution is -2.07. The molecule has 0 bridgehead atoms. The zero-order valence-corrected chi connectivity index (χ0v) is 15.2. The number of hydrogen-bond acceptors (Lipinski definition) is 4. The largest absolute Gasteiger partial charge is 0.375 e. The summed E-state index contributed by atoms with van der Waals surface area (Å²) in [6, 6.07) is 15.9. The van der Waals surface area contributed by atoms with Gasteiger partial charge in [0.25, 0.3) is 0 Å². The molecular formula is C21H23N3O2. The first kappa shape index (κ1) is 18.0. The number of carbonyl (C=O) groups is 1. The predicted molar refractivity (Wildman–Crippen MR) is 100 cm³/mol. The highest BCUT2D eigenvalue weighted by Gasteiger charge is 2.08. The quantitative estimate of drug-likeness (QED) is 0.625. The van der Waals surface area contributed by atoms with Crippen LogP contribution in [0.3, 0.4) is 0 Å². The maximum absolute atomic E-state index is 12.4. The van der Waals surface area contributed by atoms with Gasteiger partial charge < -0.3 is 4.74 Å². The van der Waals surface area contributed by atoms with E-state index in [1.54, 1.807) is 4.68 Å². The Labute approximate surface area is 153 Å². The molecule has 0 amide bonds. The van der Waals surface area contributed by atoms with Crippen LogP contribution in [-0.4, -0.2) is 27.4 Å². The predicted octanol–water partition coefficient (Wildman–Crippen LogP) is 3.47. The van der Waals surface area contributed by atoms with Crippen molar-refractivity contribution in [2.75, 3.05) is 6.61 Å². The highest BCUT2D eigenvalue weighted by atomic mass is 16.5. The van der Waals surface area contributed by atoms with Crippen molar-refractivity contribution in [3.8, 4) is 5.69 Å². The molecule has 5 heteroatoms. The van der Waals surface area contributed by atoms with Crippen LogP contribution in [0.1, 0.15) is 29.3 Å². The van der Waals surface area contributed by atoms with Crippen LogP contribution >= 0.6 is 0 Å². The molecule has 1 aromatic heterocycles. The van der Waals surface area contributed by atoms with Crippen molar-refractivity contribution < 1.29 is 9.53 Å². The molecule has 0 spiro atoms. The summed E-state index contributed by atoms with van der Waals surface area (Å²) in [5.41, 5.74) is 4.96. The van der Waals surface area contributed by atoms with Gasteiger partial charge in [-0.15, -0.1) is 5.10 Å². The minimum Gasteiger partial charge on any atom is -0.375 e. The molecule has 2 aromatic carbocycles. The van der Waals surface area contributed by atoms with Crippen LogP contribution in [0, 0.1) is 6.92 Å². The van der Waals surface area contributed by atoms with Crippen molar-refractivity contribution in [2.24, 2.45) is 0 Å². The maximum atomic E-state index is 12.4. The number of Topliss-reactive ketones (excluding diaryl/α,β-unsaturated/α-hetero) is 1. The fourth-order valence-corrected chi connectivity index (χ4v) is 2.77. The number of nitrogens with zero attached hydrogens (tertiary/aromatic N) is 3. The van der Waals surface area contributed by atoms with E-state index in [1.165, 1.54) is 0 Å². The van der Waals surface area contributed by atoms with Gasteiger partial charge in [0.15, 0.2) is 0 Å². The number of ketones is 1. The van der Waals surface area contributed by atoms with Crippen molar-refractivity contribution in [1.82, 2.24) is 15.0 Å². The van der Waals surface area contributed by atoms with E-state index in [2.05, 4.69) is 10.3 Å². The lowest BCUT2D eigenvalue weighted by molar-refractivity contribution is -0.117. The summed E-state index contributed by atoms with van der Waals surface area (Å²) in [5.74, 6) is 0.215. The Kier molecular flexibility index (Phi) is 5.92. The highest BCUT2D eigenvalue weighted by Crippen LogP contribution is 2.13. The van der Waals surface area contributed by atoms with Crippen LogP contribution in [0.15, 0.2) is 54.7 Å². The Morgan fingerprint density at radius 1 is 1.08 bits per heavy atom. The van der Waals surface area contributed by atoms with E-state index in [4.69, 9.17) is 4.74 Å². The van der Waals surface area contributed by atoms with Gasteiger partial charge in [0.05, 0.1) is 18.5 Å². The molecule has 0 aliphatic heterocycles. The van der Waals surface area contributed by atoms with Crippen LogP contribution in [0.5, 0.6) is 0 Å². The molecule has 0 radical (unpaired) electrons. The second kappa shape index (κ2) is 8.54. The second-order valence-electron chi connectivity index (χ2n) is 6.28. The molecule has 3 aromatic rings. The summed E-state index contributed by atoms with van der Waals surface area (Å²) in [5, 5.41) is 8.21.